The average molecular weight is 375 g/mol. The second-order valence-electron chi connectivity index (χ2n) is 5.09. The number of aromatic nitrogens is 4. The molecule has 23 heavy (non-hydrogen) atoms. The fourth-order valence-electron chi connectivity index (χ4n) is 2.23. The van der Waals surface area contributed by atoms with Gasteiger partial charge >= 0.3 is 0 Å². The number of amides is 1. The topological polar surface area (TPSA) is 84.7 Å². The number of nitrogens with one attached hydrogen (secondary N) is 2. The molecule has 0 spiro atoms. The van der Waals surface area contributed by atoms with Gasteiger partial charge in [0, 0.05) is 17.2 Å². The Morgan fingerprint density at radius 3 is 2.96 bits per heavy atom. The van der Waals surface area contributed by atoms with E-state index in [-0.39, 0.29) is 12.5 Å². The molecule has 7 nitrogen and oxygen atoms in total. The number of fused-ring (bicyclic) bond motifs is 1. The van der Waals surface area contributed by atoms with Crippen LogP contribution in [0, 0.1) is 6.92 Å². The van der Waals surface area contributed by atoms with Gasteiger partial charge in [0.1, 0.15) is 12.1 Å². The van der Waals surface area contributed by atoms with E-state index >= 15 is 0 Å². The number of benzene rings is 1. The van der Waals surface area contributed by atoms with E-state index in [1.165, 1.54) is 6.33 Å². The maximum Gasteiger partial charge on any atom is 0.243 e. The molecule has 3 rings (SSSR count). The summed E-state index contributed by atoms with van der Waals surface area (Å²) in [5.41, 5.74) is 2.49. The van der Waals surface area contributed by atoms with Gasteiger partial charge in [-0.2, -0.15) is 5.10 Å². The highest BCUT2D eigenvalue weighted by Gasteiger charge is 2.10. The summed E-state index contributed by atoms with van der Waals surface area (Å²) in [6, 6.07) is 5.70. The van der Waals surface area contributed by atoms with Gasteiger partial charge in [0.05, 0.1) is 18.1 Å². The Kier molecular flexibility index (Phi) is 4.24. The van der Waals surface area contributed by atoms with Crippen molar-refractivity contribution in [3.05, 3.63) is 40.8 Å². The zero-order valence-electron chi connectivity index (χ0n) is 12.7. The third-order valence-electron chi connectivity index (χ3n) is 3.41. The minimum atomic E-state index is -0.147. The summed E-state index contributed by atoms with van der Waals surface area (Å²) in [4.78, 5) is 20.4. The van der Waals surface area contributed by atoms with Crippen LogP contribution < -0.4 is 10.6 Å². The lowest BCUT2D eigenvalue weighted by atomic mass is 10.2. The molecule has 0 atom stereocenters. The van der Waals surface area contributed by atoms with Crippen molar-refractivity contribution in [2.75, 3.05) is 17.2 Å². The third-order valence-corrected chi connectivity index (χ3v) is 3.90. The molecule has 0 aliphatic carbocycles. The van der Waals surface area contributed by atoms with Gasteiger partial charge in [-0.15, -0.1) is 0 Å². The van der Waals surface area contributed by atoms with Crippen LogP contribution in [0.1, 0.15) is 5.56 Å². The van der Waals surface area contributed by atoms with Gasteiger partial charge in [0.2, 0.25) is 5.91 Å². The van der Waals surface area contributed by atoms with Crippen molar-refractivity contribution in [1.29, 1.82) is 0 Å². The van der Waals surface area contributed by atoms with Gasteiger partial charge in [-0.05, 0) is 30.7 Å². The molecular formula is C15H15BrN6O. The van der Waals surface area contributed by atoms with Crippen LogP contribution in [0.15, 0.2) is 35.2 Å². The number of hydrogen-bond donors (Lipinski definition) is 2. The first-order valence-electron chi connectivity index (χ1n) is 6.97. The second kappa shape index (κ2) is 6.33. The Morgan fingerprint density at radius 1 is 1.35 bits per heavy atom. The highest BCUT2D eigenvalue weighted by molar-refractivity contribution is 9.10. The van der Waals surface area contributed by atoms with Crippen LogP contribution in [0.25, 0.3) is 11.0 Å². The number of anilines is 2. The zero-order valence-corrected chi connectivity index (χ0v) is 14.3. The fraction of sp³-hybridized carbons (Fsp3) is 0.200. The summed E-state index contributed by atoms with van der Waals surface area (Å²) < 4.78 is 2.64. The Hall–Kier alpha value is -2.48. The van der Waals surface area contributed by atoms with Crippen LogP contribution in [0.2, 0.25) is 0 Å². The quantitative estimate of drug-likeness (QED) is 0.732. The number of hydrogen-bond acceptors (Lipinski definition) is 5. The van der Waals surface area contributed by atoms with E-state index in [9.17, 15) is 4.79 Å². The number of rotatable bonds is 4. The average Bonchev–Trinajstić information content (AvgIpc) is 2.90. The first-order valence-corrected chi connectivity index (χ1v) is 7.76. The molecule has 0 aliphatic heterocycles. The molecule has 1 amide bonds. The van der Waals surface area contributed by atoms with E-state index in [0.29, 0.717) is 11.5 Å². The van der Waals surface area contributed by atoms with Crippen LogP contribution in [0.5, 0.6) is 0 Å². The molecule has 8 heteroatoms. The predicted molar refractivity (Wildman–Crippen MR) is 92.3 cm³/mol. The molecule has 3 aromatic rings. The predicted octanol–water partition coefficient (Wildman–Crippen LogP) is 2.48. The summed E-state index contributed by atoms with van der Waals surface area (Å²) >= 11 is 3.40. The van der Waals surface area contributed by atoms with Crippen molar-refractivity contribution in [2.45, 2.75) is 6.92 Å². The van der Waals surface area contributed by atoms with Gasteiger partial charge in [-0.3, -0.25) is 9.48 Å². The lowest BCUT2D eigenvalue weighted by molar-refractivity contribution is -0.114. The Morgan fingerprint density at radius 2 is 2.17 bits per heavy atom. The van der Waals surface area contributed by atoms with Crippen molar-refractivity contribution < 1.29 is 4.79 Å². The lowest BCUT2D eigenvalue weighted by Crippen LogP contribution is -2.22. The number of nitrogens with zero attached hydrogens (tertiary/aromatic N) is 4. The second-order valence-corrected chi connectivity index (χ2v) is 6.00. The first kappa shape index (κ1) is 15.4. The number of aryl methyl sites for hydroxylation is 2. The number of carbonyl (C=O) groups excluding carboxylic acids is 1. The molecule has 118 valence electrons. The molecule has 0 aliphatic rings. The van der Waals surface area contributed by atoms with Crippen molar-refractivity contribution in [2.24, 2.45) is 7.05 Å². The maximum atomic E-state index is 12.1. The van der Waals surface area contributed by atoms with E-state index in [2.05, 4.69) is 41.6 Å². The Balaban J connectivity index is 1.68. The standard InChI is InChI=1S/C15H15BrN6O/c1-9-5-10(16)3-4-12(9)21-13(23)7-17-14-11-6-20-22(2)15(11)19-8-18-14/h3-6,8H,7H2,1-2H3,(H,21,23)(H,17,18,19). The summed E-state index contributed by atoms with van der Waals surface area (Å²) in [7, 11) is 1.81. The fourth-order valence-corrected chi connectivity index (χ4v) is 2.70. The van der Waals surface area contributed by atoms with E-state index in [4.69, 9.17) is 0 Å². The molecule has 1 aromatic carbocycles. The normalized spacial score (nSPS) is 10.7. The first-order chi connectivity index (χ1) is 11.0. The molecule has 0 bridgehead atoms. The maximum absolute atomic E-state index is 12.1. The number of halogens is 1. The van der Waals surface area contributed by atoms with Crippen molar-refractivity contribution >= 4 is 44.4 Å². The van der Waals surface area contributed by atoms with Gasteiger partial charge in [0.15, 0.2) is 5.65 Å². The lowest BCUT2D eigenvalue weighted by Gasteiger charge is -2.10. The molecule has 2 aromatic heterocycles. The highest BCUT2D eigenvalue weighted by atomic mass is 79.9. The Labute approximate surface area is 141 Å². The van der Waals surface area contributed by atoms with Gasteiger partial charge in [-0.1, -0.05) is 15.9 Å². The van der Waals surface area contributed by atoms with Crippen molar-refractivity contribution in [3.8, 4) is 0 Å². The SMILES string of the molecule is Cc1cc(Br)ccc1NC(=O)CNc1ncnc2c1cnn2C. The molecule has 0 fully saturated rings. The van der Waals surface area contributed by atoms with E-state index in [1.54, 1.807) is 10.9 Å². The zero-order chi connectivity index (χ0) is 16.4. The van der Waals surface area contributed by atoms with Gasteiger partial charge in [-0.25, -0.2) is 9.97 Å². The van der Waals surface area contributed by atoms with Crippen molar-refractivity contribution in [3.63, 3.8) is 0 Å². The molecule has 0 saturated heterocycles. The van der Waals surface area contributed by atoms with Crippen LogP contribution in [0.4, 0.5) is 11.5 Å². The summed E-state index contributed by atoms with van der Waals surface area (Å²) in [5, 5.41) is 10.8. The molecule has 2 N–H and O–H groups in total. The molecule has 0 radical (unpaired) electrons. The minimum absolute atomic E-state index is 0.108. The van der Waals surface area contributed by atoms with E-state index in [0.717, 1.165) is 21.1 Å². The molecule has 0 saturated carbocycles. The Bertz CT molecular complexity index is 876. The highest BCUT2D eigenvalue weighted by Crippen LogP contribution is 2.20. The van der Waals surface area contributed by atoms with Crippen LogP contribution in [-0.4, -0.2) is 32.2 Å². The van der Waals surface area contributed by atoms with Crippen LogP contribution in [0.3, 0.4) is 0 Å². The smallest absolute Gasteiger partial charge is 0.243 e. The third kappa shape index (κ3) is 3.31. The largest absolute Gasteiger partial charge is 0.360 e. The summed E-state index contributed by atoms with van der Waals surface area (Å²) in [6.07, 6.45) is 3.12. The van der Waals surface area contributed by atoms with Gasteiger partial charge in [0.25, 0.3) is 0 Å². The van der Waals surface area contributed by atoms with Crippen LogP contribution in [-0.2, 0) is 11.8 Å². The van der Waals surface area contributed by atoms with Gasteiger partial charge < -0.3 is 10.6 Å². The molecular weight excluding hydrogens is 360 g/mol. The minimum Gasteiger partial charge on any atom is -0.360 e. The number of carbonyl (C=O) groups is 1. The van der Waals surface area contributed by atoms with E-state index in [1.807, 2.05) is 32.2 Å². The molecule has 0 unspecified atom stereocenters. The monoisotopic (exact) mass is 374 g/mol. The van der Waals surface area contributed by atoms with Crippen molar-refractivity contribution in [1.82, 2.24) is 19.7 Å². The summed E-state index contributed by atoms with van der Waals surface area (Å²) in [5.74, 6) is 0.442. The molecule has 2 heterocycles. The van der Waals surface area contributed by atoms with E-state index < -0.39 is 0 Å². The van der Waals surface area contributed by atoms with Crippen LogP contribution >= 0.6 is 15.9 Å². The summed E-state index contributed by atoms with van der Waals surface area (Å²) in [6.45, 7) is 2.05.